The van der Waals surface area contributed by atoms with Gasteiger partial charge in [0.1, 0.15) is 40.4 Å². The molecule has 0 aliphatic rings. The minimum atomic E-state index is -0.0385. The number of ether oxygens (including phenoxy) is 2. The Morgan fingerprint density at radius 3 is 1.84 bits per heavy atom. The second-order valence-corrected chi connectivity index (χ2v) is 14.2. The van der Waals surface area contributed by atoms with Gasteiger partial charge in [0.2, 0.25) is 5.69 Å². The Kier molecular flexibility index (Phi) is 13.9. The van der Waals surface area contributed by atoms with Gasteiger partial charge in [0, 0.05) is 50.2 Å². The molecule has 0 radical (unpaired) electrons. The van der Waals surface area contributed by atoms with E-state index in [9.17, 15) is 4.79 Å². The zero-order valence-electron chi connectivity index (χ0n) is 34.9. The highest BCUT2D eigenvalue weighted by molar-refractivity contribution is 6.28. The van der Waals surface area contributed by atoms with Crippen LogP contribution in [0.2, 0.25) is 0 Å². The molecule has 0 saturated carbocycles. The number of aromatic amines is 1. The highest BCUT2D eigenvalue weighted by atomic mass is 16.5. The highest BCUT2D eigenvalue weighted by Gasteiger charge is 2.18. The summed E-state index contributed by atoms with van der Waals surface area (Å²) in [6.45, 7) is 7.41. The van der Waals surface area contributed by atoms with E-state index in [4.69, 9.17) is 27.0 Å². The number of rotatable bonds is 10. The monoisotopic (exact) mass is 842 g/mol. The van der Waals surface area contributed by atoms with E-state index < -0.39 is 0 Å². The molecule has 9 rings (SSSR count). The lowest BCUT2D eigenvalue weighted by Crippen LogP contribution is -2.09. The van der Waals surface area contributed by atoms with Crippen LogP contribution in [0.25, 0.3) is 38.4 Å². The Hall–Kier alpha value is -9.26. The molecule has 0 atom stereocenters. The molecule has 0 saturated heterocycles. The van der Waals surface area contributed by atoms with Crippen LogP contribution in [0.1, 0.15) is 22.9 Å². The van der Waals surface area contributed by atoms with E-state index in [-0.39, 0.29) is 7.21 Å². The number of anilines is 1. The first kappa shape index (κ1) is 42.8. The maximum absolute atomic E-state index is 13.1. The third kappa shape index (κ3) is 10.7. The largest absolute Gasteiger partial charge is 0.457 e. The van der Waals surface area contributed by atoms with Crippen molar-refractivity contribution >= 4 is 28.5 Å². The van der Waals surface area contributed by atoms with Gasteiger partial charge in [-0.2, -0.15) is 15.5 Å². The van der Waals surface area contributed by atoms with Crippen molar-refractivity contribution in [1.82, 2.24) is 29.7 Å². The summed E-state index contributed by atoms with van der Waals surface area (Å²) in [6.07, 6.45) is 6.59. The number of hydrogen-bond donors (Lipinski definition) is 2. The second kappa shape index (κ2) is 20.8. The van der Waals surface area contributed by atoms with Gasteiger partial charge in [0.25, 0.3) is 0 Å². The number of para-hydroxylation sites is 2. The van der Waals surface area contributed by atoms with Crippen molar-refractivity contribution in [2.24, 2.45) is 0 Å². The first-order valence-corrected chi connectivity index (χ1v) is 19.9. The number of hydrogen-bond acceptors (Lipinski definition) is 9. The van der Waals surface area contributed by atoms with Gasteiger partial charge in [0.05, 0.1) is 24.7 Å². The molecule has 0 amide bonds. The van der Waals surface area contributed by atoms with Gasteiger partial charge in [-0.3, -0.25) is 9.89 Å². The van der Waals surface area contributed by atoms with E-state index in [0.29, 0.717) is 39.6 Å². The molecular weight excluding hydrogens is 799 g/mol. The summed E-state index contributed by atoms with van der Waals surface area (Å²) >= 11 is 0. The number of nitrogens with two attached hydrogens (primary N) is 1. The van der Waals surface area contributed by atoms with Gasteiger partial charge in [0.15, 0.2) is 11.4 Å². The van der Waals surface area contributed by atoms with E-state index in [1.807, 2.05) is 195 Å². The third-order valence-corrected chi connectivity index (χ3v) is 9.38. The van der Waals surface area contributed by atoms with Gasteiger partial charge in [-0.1, -0.05) is 121 Å². The summed E-state index contributed by atoms with van der Waals surface area (Å²) in [7, 11) is 3.82. The zero-order valence-corrected chi connectivity index (χ0v) is 34.9. The number of benzene rings is 6. The number of aromatic nitrogens is 5. The van der Waals surface area contributed by atoms with Crippen LogP contribution < -0.4 is 15.2 Å². The number of ketones is 1. The van der Waals surface area contributed by atoms with Crippen LogP contribution in [0.5, 0.6) is 23.0 Å². The van der Waals surface area contributed by atoms with Crippen LogP contribution in [0.4, 0.5) is 11.5 Å². The molecule has 0 unspecified atom stereocenters. The van der Waals surface area contributed by atoms with Crippen molar-refractivity contribution in [1.29, 1.82) is 5.26 Å². The van der Waals surface area contributed by atoms with E-state index >= 15 is 0 Å². The molecule has 3 heterocycles. The van der Waals surface area contributed by atoms with E-state index in [1.54, 1.807) is 23.0 Å². The number of nitrogens with one attached hydrogen (secondary N) is 1. The first-order chi connectivity index (χ1) is 31.3. The molecule has 12 nitrogen and oxygen atoms in total. The van der Waals surface area contributed by atoms with E-state index in [0.717, 1.165) is 45.2 Å². The number of fused-ring (bicyclic) bond motifs is 1. The fourth-order valence-corrected chi connectivity index (χ4v) is 6.44. The molecule has 0 bridgehead atoms. The molecule has 3 N–H and O–H groups in total. The van der Waals surface area contributed by atoms with Gasteiger partial charge in [-0.05, 0) is 59.7 Å². The molecule has 0 fully saturated rings. The van der Waals surface area contributed by atoms with Crippen molar-refractivity contribution in [3.63, 3.8) is 0 Å². The molecule has 12 heteroatoms. The number of allylic oxidation sites excluding steroid dienone is 1. The fourth-order valence-electron chi connectivity index (χ4n) is 6.44. The molecular formula is C52H43N9O3. The van der Waals surface area contributed by atoms with Crippen LogP contribution in [0, 0.1) is 17.9 Å². The molecule has 64 heavy (non-hydrogen) atoms. The molecule has 3 aromatic heterocycles. The van der Waals surface area contributed by atoms with Crippen molar-refractivity contribution < 1.29 is 15.7 Å². The summed E-state index contributed by atoms with van der Waals surface area (Å²) in [5.41, 5.74) is 12.4. The predicted molar refractivity (Wildman–Crippen MR) is 252 cm³/mol. The summed E-state index contributed by atoms with van der Waals surface area (Å²) < 4.78 is 13.6. The van der Waals surface area contributed by atoms with E-state index in [1.165, 1.54) is 6.20 Å². The first-order valence-electron chi connectivity index (χ1n) is 19.9. The molecule has 0 aliphatic heterocycles. The van der Waals surface area contributed by atoms with Crippen LogP contribution >= 0.6 is 0 Å². The molecule has 9 aromatic rings. The minimum Gasteiger partial charge on any atom is -0.457 e. The summed E-state index contributed by atoms with van der Waals surface area (Å²) in [5, 5.41) is 18.6. The normalized spacial score (nSPS) is 10.5. The average Bonchev–Trinajstić information content (AvgIpc) is 3.97. The summed E-state index contributed by atoms with van der Waals surface area (Å²) in [6, 6.07) is 55.9. The smallest absolute Gasteiger partial charge is 0.250 e. The van der Waals surface area contributed by atoms with Gasteiger partial charge >= 0.3 is 0 Å². The second-order valence-electron chi connectivity index (χ2n) is 14.2. The minimum absolute atomic E-state index is 0. The number of nitrogen functional groups attached to an aromatic ring is 1. The molecule has 0 spiro atoms. The lowest BCUT2D eigenvalue weighted by molar-refractivity contribution is 0.105. The number of nitriles is 1. The summed E-state index contributed by atoms with van der Waals surface area (Å²) in [4.78, 5) is 23.1. The Labute approximate surface area is 372 Å². The van der Waals surface area contributed by atoms with E-state index in [2.05, 4.69) is 25.1 Å². The number of nitrogens with zero attached hydrogens (tertiary/aromatic N) is 7. The maximum Gasteiger partial charge on any atom is 0.250 e. The Morgan fingerprint density at radius 2 is 1.28 bits per heavy atom. The van der Waals surface area contributed by atoms with Crippen molar-refractivity contribution in [3.8, 4) is 51.5 Å². The molecule has 0 aliphatic carbocycles. The number of carbonyl (C=O) groups excluding carboxylic acids is 1. The topological polar surface area (TPSA) is 152 Å². The summed E-state index contributed by atoms with van der Waals surface area (Å²) in [5.74, 6) is 3.16. The Morgan fingerprint density at radius 1 is 0.734 bits per heavy atom. The Balaban J connectivity index is 0.000000183. The number of Topliss-reactive ketones (excluding diaryl/α,β-unsaturated/α-hetero) is 1. The van der Waals surface area contributed by atoms with Gasteiger partial charge in [-0.15, -0.1) is 0 Å². The lowest BCUT2D eigenvalue weighted by atomic mass is 9.97. The van der Waals surface area contributed by atoms with Crippen LogP contribution in [0.3, 0.4) is 0 Å². The highest BCUT2D eigenvalue weighted by Crippen LogP contribution is 2.36. The molecule has 6 aromatic carbocycles. The van der Waals surface area contributed by atoms with Crippen molar-refractivity contribution in [2.75, 3.05) is 19.8 Å². The van der Waals surface area contributed by atoms with Crippen molar-refractivity contribution in [2.45, 2.75) is 0 Å². The number of H-pyrrole nitrogens is 1. The Bertz CT molecular complexity index is 3090. The number of carbonyl (C=O) groups is 1. The quantitative estimate of drug-likeness (QED) is 0.0778. The molecule has 314 valence electrons. The van der Waals surface area contributed by atoms with Gasteiger partial charge in [-0.25, -0.2) is 14.3 Å². The SMILES string of the molecule is CN(C)/C=C(/C(=O)c1cccc(Oc2ccccc2)c1)c1ccccc1.N#Cc1cn[nH]c1N.[2HH].[C-]#[N+]c1cnn2c(-c3cccc(Oc4ccccc4)c3)c(-c3ccccc3)cnc12. The zero-order chi connectivity index (χ0) is 44.7. The van der Waals surface area contributed by atoms with Crippen LogP contribution in [0.15, 0.2) is 195 Å². The average molecular weight is 843 g/mol. The lowest BCUT2D eigenvalue weighted by Gasteiger charge is -2.13. The standard InChI is InChI=1S/C25H16N4O.C23H21NO2.C4H4N4.H2/c1-26-23-17-28-29-24(22(16-27-25(23)29)18-9-4-2-5-10-18)19-11-8-14-21(15-19)30-20-12-6-3-7-13-20;1-24(2)17-22(18-10-5-3-6-11-18)23(25)19-12-9-15-21(16-19)26-20-13-7-4-8-14-20;5-1-3-2-7-8-4(3)6;/h2-17H;3-17H,1-2H3;2H,(H3,6,7,8);1H/b;22-17+;;/i;;;1+1. The van der Waals surface area contributed by atoms with Gasteiger partial charge < -0.3 is 20.1 Å². The van der Waals surface area contributed by atoms with Crippen LogP contribution in [-0.2, 0) is 0 Å². The van der Waals surface area contributed by atoms with Crippen LogP contribution in [-0.4, -0.2) is 49.6 Å². The fraction of sp³-hybridized carbons (Fsp3) is 0.0385. The predicted octanol–water partition coefficient (Wildman–Crippen LogP) is 11.8. The van der Waals surface area contributed by atoms with Crippen molar-refractivity contribution in [3.05, 3.63) is 223 Å². The third-order valence-electron chi connectivity index (χ3n) is 9.38. The maximum atomic E-state index is 13.1.